The summed E-state index contributed by atoms with van der Waals surface area (Å²) in [6.07, 6.45) is 9.57. The molecule has 0 saturated carbocycles. The molecule has 0 aliphatic rings. The van der Waals surface area contributed by atoms with Crippen LogP contribution in [0.25, 0.3) is 0 Å². The van der Waals surface area contributed by atoms with Crippen molar-refractivity contribution in [1.82, 2.24) is 0 Å². The molecule has 442 valence electrons. The summed E-state index contributed by atoms with van der Waals surface area (Å²) >= 11 is 0. The van der Waals surface area contributed by atoms with Crippen LogP contribution in [0.5, 0.6) is 0 Å². The molecule has 20 nitrogen and oxygen atoms in total. The Bertz CT molecular complexity index is 1010. The fraction of sp³-hybridized carbons (Fsp3) is 0.750. The Morgan fingerprint density at radius 1 is 0.257 bits per heavy atom. The van der Waals surface area contributed by atoms with E-state index in [1.807, 2.05) is 55.4 Å². The van der Waals surface area contributed by atoms with Crippen LogP contribution in [0.15, 0.2) is 0 Å². The second kappa shape index (κ2) is 63.2. The summed E-state index contributed by atoms with van der Waals surface area (Å²) in [5.41, 5.74) is 0. The second-order valence-corrected chi connectivity index (χ2v) is 15.1. The van der Waals surface area contributed by atoms with Gasteiger partial charge in [-0.2, -0.15) is 0 Å². The molecule has 38 heteroatoms. The monoisotopic (exact) mass is 1470 g/mol. The third kappa shape index (κ3) is 573. The fourth-order valence-corrected chi connectivity index (χ4v) is 1.82. The number of hydrogen-bond acceptors (Lipinski definition) is 16. The van der Waals surface area contributed by atoms with Crippen molar-refractivity contribution in [3.8, 4) is 0 Å². The van der Waals surface area contributed by atoms with Crippen LogP contribution in [-0.2, 0) is 99.8 Å². The summed E-state index contributed by atoms with van der Waals surface area (Å²) in [6.45, 7) is 15.1. The Labute approximate surface area is 452 Å². The molecule has 20 N–H and O–H groups in total. The molecule has 0 unspecified atom stereocenters. The van der Waals surface area contributed by atoms with E-state index in [9.17, 15) is 91.2 Å². The Hall–Kier alpha value is -1.89. The van der Waals surface area contributed by atoms with Crippen molar-refractivity contribution in [1.29, 1.82) is 43.3 Å². The van der Waals surface area contributed by atoms with Gasteiger partial charge in [0.1, 0.15) is 0 Å². The number of hydrogen-bond donors (Lipinski definition) is 8. The molecule has 2 radical (unpaired) electrons. The van der Waals surface area contributed by atoms with E-state index in [1.165, 1.54) is 0 Å². The van der Waals surface area contributed by atoms with Crippen molar-refractivity contribution in [3.63, 3.8) is 0 Å². The van der Waals surface area contributed by atoms with Gasteiger partial charge in [0.25, 0.3) is 0 Å². The van der Waals surface area contributed by atoms with Crippen LogP contribution in [-0.4, -0.2) is 47.2 Å². The maximum Gasteiger partial charge on any atom is 3.00 e. The van der Waals surface area contributed by atoms with Crippen LogP contribution < -0.4 is 40.9 Å². The minimum Gasteiger partial charge on any atom is -0.457 e. The molecule has 0 aliphatic carbocycles. The van der Waals surface area contributed by atoms with E-state index in [4.69, 9.17) is 43.3 Å². The Morgan fingerprint density at radius 2 is 0.300 bits per heavy atom. The van der Waals surface area contributed by atoms with E-state index < -0.39 is 62.8 Å². The van der Waals surface area contributed by atoms with E-state index in [0.29, 0.717) is 51.4 Å². The molecule has 0 rings (SSSR count). The summed E-state index contributed by atoms with van der Waals surface area (Å²) in [6, 6.07) is 0. The average molecular weight is 1470 g/mol. The zero-order valence-electron chi connectivity index (χ0n) is 39.7. The summed E-state index contributed by atoms with van der Waals surface area (Å²) in [5, 5.41) is 128. The standard InChI is InChI=1S/8C4H9NO.2F6P.4H2O.4Rh/c8*1-2-3-4(5)6;2*1-7(2,3,4,5)6;;;;;;;;/h8*2-3H2,1H3,(H2,5,6);;;4*1H2;;;;/q;;;;;;;;2*-1;;;;;2*+2;2*+3/p-4. The molecule has 0 aromatic rings. The molecule has 0 amide bonds. The van der Waals surface area contributed by atoms with Crippen molar-refractivity contribution in [2.75, 3.05) is 0 Å². The second-order valence-electron chi connectivity index (χ2n) is 11.3. The van der Waals surface area contributed by atoms with E-state index in [0.717, 1.165) is 51.4 Å². The largest absolute Gasteiger partial charge is 3.00 e. The molecule has 0 atom stereocenters. The fourth-order valence-electron chi connectivity index (χ4n) is 1.82. The third-order valence-corrected chi connectivity index (χ3v) is 3.82. The normalized spacial score (nSPS) is 10.2. The molecular formula is C32H76F12N8O12P2Rh4+4. The van der Waals surface area contributed by atoms with Gasteiger partial charge in [-0.3, -0.25) is 0 Å². The van der Waals surface area contributed by atoms with Crippen LogP contribution in [0.2, 0.25) is 0 Å². The maximum atomic E-state index is 9.87. The van der Waals surface area contributed by atoms with E-state index >= 15 is 0 Å². The average Bonchev–Trinajstić information content (AvgIpc) is 2.96. The van der Waals surface area contributed by atoms with Gasteiger partial charge in [-0.1, -0.05) is 107 Å². The molecule has 0 aromatic carbocycles. The summed E-state index contributed by atoms with van der Waals surface area (Å²) < 4.78 is 118. The first-order chi connectivity index (χ1) is 27.1. The van der Waals surface area contributed by atoms with E-state index in [2.05, 4.69) is 0 Å². The minimum atomic E-state index is -10.7. The van der Waals surface area contributed by atoms with Crippen LogP contribution in [0, 0.1) is 43.3 Å². The van der Waals surface area contributed by atoms with Gasteiger partial charge >= 0.3 is 144 Å². The SMILES string of the molecule is CCCC(=N)[O-].CCCC(=N)[O-].CCCC(=N)[O-].CCCC(=N)[O-].CCCC(=N)[O-].CCCC(=N)[O-].CCCC(=N)[O-].CCCC(=N)[O-].F[P-](F)(F)(F)(F)F.F[P-](F)(F)(F)(F)F.[OH3+].[OH3+].[OH3+].[OH3+].[Rh+2].[Rh+2].[Rh+3].[Rh+3]. The predicted molar refractivity (Wildman–Crippen MR) is 228 cm³/mol. The van der Waals surface area contributed by atoms with Gasteiger partial charge in [0, 0.05) is 0 Å². The minimum absolute atomic E-state index is 0. The maximum absolute atomic E-state index is 10.7. The van der Waals surface area contributed by atoms with Gasteiger partial charge in [-0.15, -0.1) is 0 Å². The summed E-state index contributed by atoms with van der Waals surface area (Å²) in [4.78, 5) is 0. The number of rotatable bonds is 16. The van der Waals surface area contributed by atoms with E-state index in [1.54, 1.807) is 0 Å². The Kier molecular flexibility index (Phi) is 110. The van der Waals surface area contributed by atoms with Gasteiger partial charge < -0.3 is 106 Å². The van der Waals surface area contributed by atoms with Crippen molar-refractivity contribution >= 4 is 62.8 Å². The third-order valence-electron chi connectivity index (χ3n) is 3.82. The first-order valence-corrected chi connectivity index (χ1v) is 22.2. The van der Waals surface area contributed by atoms with Crippen molar-refractivity contribution in [2.45, 2.75) is 158 Å². The smallest absolute Gasteiger partial charge is 0.457 e. The molecule has 0 heterocycles. The quantitative estimate of drug-likeness (QED) is 0.0278. The Morgan fingerprint density at radius 3 is 0.300 bits per heavy atom. The van der Waals surface area contributed by atoms with Gasteiger partial charge in [0.2, 0.25) is 0 Å². The van der Waals surface area contributed by atoms with Gasteiger partial charge in [-0.05, 0) is 98.5 Å². The molecule has 0 fully saturated rings. The van der Waals surface area contributed by atoms with Crippen molar-refractivity contribution in [2.24, 2.45) is 0 Å². The first-order valence-electron chi connectivity index (χ1n) is 18.1. The van der Waals surface area contributed by atoms with Crippen LogP contribution >= 0.6 is 15.6 Å². The molecule has 70 heavy (non-hydrogen) atoms. The van der Waals surface area contributed by atoms with Gasteiger partial charge in [0.05, 0.1) is 0 Å². The summed E-state index contributed by atoms with van der Waals surface area (Å²) in [5.74, 6) is -3.69. The van der Waals surface area contributed by atoms with Crippen LogP contribution in [0.3, 0.4) is 0 Å². The van der Waals surface area contributed by atoms with Gasteiger partial charge in [0.15, 0.2) is 0 Å². The van der Waals surface area contributed by atoms with Gasteiger partial charge in [-0.25, -0.2) is 0 Å². The molecular weight excluding hydrogens is 1390 g/mol. The van der Waals surface area contributed by atoms with Crippen molar-refractivity contribution in [3.05, 3.63) is 0 Å². The Balaban J connectivity index is -0.0000000265. The summed E-state index contributed by atoms with van der Waals surface area (Å²) in [7, 11) is -21.3. The van der Waals surface area contributed by atoms with Crippen LogP contribution in [0.4, 0.5) is 50.4 Å². The first kappa shape index (κ1) is 122. The molecule has 0 spiro atoms. The molecule has 0 aromatic heterocycles. The van der Waals surface area contributed by atoms with Crippen molar-refractivity contribution < 1.29 is 191 Å². The topological polar surface area (TPSA) is 507 Å². The molecule has 0 saturated heterocycles. The predicted octanol–water partition coefficient (Wildman–Crippen LogP) is 4.06. The zero-order chi connectivity index (χ0) is 52.7. The number of nitrogens with one attached hydrogen (secondary N) is 8. The zero-order valence-corrected chi connectivity index (χ0v) is 48.0. The molecule has 0 aliphatic heterocycles. The van der Waals surface area contributed by atoms with Crippen LogP contribution in [0.1, 0.15) is 158 Å². The van der Waals surface area contributed by atoms with E-state index in [-0.39, 0.29) is 99.8 Å². The number of halogens is 12. The molecule has 0 bridgehead atoms.